The third kappa shape index (κ3) is 1.95. The Morgan fingerprint density at radius 1 is 1.39 bits per heavy atom. The minimum absolute atomic E-state index is 0.164. The van der Waals surface area contributed by atoms with Crippen LogP contribution in [0, 0.1) is 6.92 Å². The van der Waals surface area contributed by atoms with Gasteiger partial charge in [0.25, 0.3) is 0 Å². The van der Waals surface area contributed by atoms with E-state index in [9.17, 15) is 0 Å². The van der Waals surface area contributed by atoms with E-state index in [1.54, 1.807) is 0 Å². The molecule has 1 aliphatic rings. The van der Waals surface area contributed by atoms with E-state index in [0.29, 0.717) is 0 Å². The van der Waals surface area contributed by atoms with Gasteiger partial charge in [-0.25, -0.2) is 4.98 Å². The van der Waals surface area contributed by atoms with Gasteiger partial charge in [-0.2, -0.15) is 0 Å². The molecule has 1 aromatic carbocycles. The molecule has 3 heteroatoms. The fourth-order valence-corrected chi connectivity index (χ4v) is 2.72. The molecule has 18 heavy (non-hydrogen) atoms. The maximum atomic E-state index is 6.12. The first-order chi connectivity index (χ1) is 8.75. The zero-order valence-corrected chi connectivity index (χ0v) is 10.8. The van der Waals surface area contributed by atoms with E-state index in [1.165, 1.54) is 16.8 Å². The van der Waals surface area contributed by atoms with E-state index in [0.717, 1.165) is 31.6 Å². The maximum absolute atomic E-state index is 6.12. The van der Waals surface area contributed by atoms with E-state index in [4.69, 9.17) is 5.73 Å². The number of imidazole rings is 1. The number of aromatic nitrogens is 2. The Bertz CT molecular complexity index is 557. The highest BCUT2D eigenvalue weighted by Crippen LogP contribution is 2.25. The van der Waals surface area contributed by atoms with E-state index in [-0.39, 0.29) is 6.04 Å². The molecule has 2 aromatic rings. The minimum Gasteiger partial charge on any atom is -0.330 e. The van der Waals surface area contributed by atoms with Crippen LogP contribution >= 0.6 is 0 Å². The molecule has 3 rings (SSSR count). The van der Waals surface area contributed by atoms with Gasteiger partial charge in [0.15, 0.2) is 0 Å². The molecule has 3 nitrogen and oxygen atoms in total. The average molecular weight is 241 g/mol. The SMILES string of the molecule is Cc1ccccc1Cc1ncc2n1CCCC2N. The van der Waals surface area contributed by atoms with Crippen LogP contribution in [0.15, 0.2) is 30.5 Å². The number of hydrogen-bond acceptors (Lipinski definition) is 2. The molecule has 2 N–H and O–H groups in total. The van der Waals surface area contributed by atoms with E-state index >= 15 is 0 Å². The lowest BCUT2D eigenvalue weighted by atomic mass is 10.0. The van der Waals surface area contributed by atoms with Gasteiger partial charge in [0.1, 0.15) is 5.82 Å². The van der Waals surface area contributed by atoms with Crippen molar-refractivity contribution in [1.82, 2.24) is 9.55 Å². The van der Waals surface area contributed by atoms with Crippen LogP contribution in [-0.4, -0.2) is 9.55 Å². The van der Waals surface area contributed by atoms with Crippen molar-refractivity contribution in [3.8, 4) is 0 Å². The van der Waals surface area contributed by atoms with E-state index in [2.05, 4.69) is 40.7 Å². The summed E-state index contributed by atoms with van der Waals surface area (Å²) in [6, 6.07) is 8.67. The summed E-state index contributed by atoms with van der Waals surface area (Å²) < 4.78 is 2.31. The molecule has 94 valence electrons. The van der Waals surface area contributed by atoms with Gasteiger partial charge in [-0.15, -0.1) is 0 Å². The molecule has 0 aliphatic carbocycles. The van der Waals surface area contributed by atoms with Crippen LogP contribution in [0.25, 0.3) is 0 Å². The van der Waals surface area contributed by atoms with Crippen LogP contribution in [0.5, 0.6) is 0 Å². The first kappa shape index (κ1) is 11.5. The summed E-state index contributed by atoms with van der Waals surface area (Å²) >= 11 is 0. The standard InChI is InChI=1S/C15H19N3/c1-11-5-2-3-6-12(11)9-15-17-10-14-13(16)7-4-8-18(14)15/h2-3,5-6,10,13H,4,7-9,16H2,1H3. The number of nitrogens with zero attached hydrogens (tertiary/aromatic N) is 2. The van der Waals surface area contributed by atoms with Crippen molar-refractivity contribution in [2.45, 2.75) is 38.8 Å². The third-order valence-electron chi connectivity index (χ3n) is 3.86. The minimum atomic E-state index is 0.164. The molecule has 1 aromatic heterocycles. The molecule has 1 unspecified atom stereocenters. The summed E-state index contributed by atoms with van der Waals surface area (Å²) in [6.45, 7) is 3.21. The molecule has 0 spiro atoms. The Morgan fingerprint density at radius 3 is 3.06 bits per heavy atom. The molecule has 1 aliphatic heterocycles. The van der Waals surface area contributed by atoms with Crippen LogP contribution in [0.3, 0.4) is 0 Å². The number of aryl methyl sites for hydroxylation is 1. The van der Waals surface area contributed by atoms with Crippen LogP contribution < -0.4 is 5.73 Å². The molecule has 0 fully saturated rings. The maximum Gasteiger partial charge on any atom is 0.113 e. The normalized spacial score (nSPS) is 18.7. The Labute approximate surface area is 108 Å². The van der Waals surface area contributed by atoms with Crippen molar-refractivity contribution in [3.63, 3.8) is 0 Å². The zero-order valence-electron chi connectivity index (χ0n) is 10.8. The van der Waals surface area contributed by atoms with Gasteiger partial charge in [0, 0.05) is 19.0 Å². The predicted molar refractivity (Wildman–Crippen MR) is 72.4 cm³/mol. The van der Waals surface area contributed by atoms with Crippen LogP contribution in [0.1, 0.15) is 41.5 Å². The van der Waals surface area contributed by atoms with E-state index in [1.807, 2.05) is 6.20 Å². The molecule has 0 amide bonds. The summed E-state index contributed by atoms with van der Waals surface area (Å²) in [7, 11) is 0. The van der Waals surface area contributed by atoms with Crippen molar-refractivity contribution in [2.75, 3.05) is 0 Å². The number of benzene rings is 1. The molecule has 0 saturated carbocycles. The Hall–Kier alpha value is -1.61. The fraction of sp³-hybridized carbons (Fsp3) is 0.400. The van der Waals surface area contributed by atoms with Crippen LogP contribution in [0.4, 0.5) is 0 Å². The highest BCUT2D eigenvalue weighted by Gasteiger charge is 2.20. The largest absolute Gasteiger partial charge is 0.330 e. The quantitative estimate of drug-likeness (QED) is 0.878. The number of nitrogens with two attached hydrogens (primary N) is 1. The monoisotopic (exact) mass is 241 g/mol. The molecular weight excluding hydrogens is 222 g/mol. The van der Waals surface area contributed by atoms with Gasteiger partial charge in [-0.1, -0.05) is 24.3 Å². The first-order valence-corrected chi connectivity index (χ1v) is 6.60. The average Bonchev–Trinajstić information content (AvgIpc) is 2.77. The van der Waals surface area contributed by atoms with Gasteiger partial charge >= 0.3 is 0 Å². The first-order valence-electron chi connectivity index (χ1n) is 6.60. The fourth-order valence-electron chi connectivity index (χ4n) is 2.72. The molecule has 2 heterocycles. The molecule has 0 radical (unpaired) electrons. The molecule has 1 atom stereocenters. The third-order valence-corrected chi connectivity index (χ3v) is 3.86. The summed E-state index contributed by atoms with van der Waals surface area (Å²) in [5.74, 6) is 1.15. The van der Waals surface area contributed by atoms with Crippen molar-refractivity contribution in [1.29, 1.82) is 0 Å². The summed E-state index contributed by atoms with van der Waals surface area (Å²) in [6.07, 6.45) is 5.09. The van der Waals surface area contributed by atoms with Gasteiger partial charge in [0.05, 0.1) is 11.9 Å². The summed E-state index contributed by atoms with van der Waals surface area (Å²) in [4.78, 5) is 4.57. The van der Waals surface area contributed by atoms with Gasteiger partial charge in [-0.05, 0) is 30.9 Å². The predicted octanol–water partition coefficient (Wildman–Crippen LogP) is 2.58. The smallest absolute Gasteiger partial charge is 0.113 e. The van der Waals surface area contributed by atoms with E-state index < -0.39 is 0 Å². The number of hydrogen-bond donors (Lipinski definition) is 1. The Kier molecular flexibility index (Phi) is 2.92. The van der Waals surface area contributed by atoms with Gasteiger partial charge in [-0.3, -0.25) is 0 Å². The van der Waals surface area contributed by atoms with Crippen molar-refractivity contribution in [3.05, 3.63) is 53.1 Å². The molecule has 0 bridgehead atoms. The Morgan fingerprint density at radius 2 is 2.22 bits per heavy atom. The molecule has 0 saturated heterocycles. The lowest BCUT2D eigenvalue weighted by molar-refractivity contribution is 0.454. The highest BCUT2D eigenvalue weighted by molar-refractivity contribution is 5.29. The highest BCUT2D eigenvalue weighted by atomic mass is 15.1. The van der Waals surface area contributed by atoms with Crippen LogP contribution in [0.2, 0.25) is 0 Å². The second-order valence-corrected chi connectivity index (χ2v) is 5.10. The lowest BCUT2D eigenvalue weighted by Crippen LogP contribution is -2.22. The summed E-state index contributed by atoms with van der Waals surface area (Å²) in [5.41, 5.74) is 10.0. The topological polar surface area (TPSA) is 43.8 Å². The van der Waals surface area contributed by atoms with Gasteiger partial charge < -0.3 is 10.3 Å². The second-order valence-electron chi connectivity index (χ2n) is 5.10. The number of fused-ring (bicyclic) bond motifs is 1. The zero-order chi connectivity index (χ0) is 12.5. The summed E-state index contributed by atoms with van der Waals surface area (Å²) in [5, 5.41) is 0. The lowest BCUT2D eigenvalue weighted by Gasteiger charge is -2.22. The number of rotatable bonds is 2. The van der Waals surface area contributed by atoms with Crippen molar-refractivity contribution < 1.29 is 0 Å². The van der Waals surface area contributed by atoms with Crippen molar-refractivity contribution in [2.24, 2.45) is 5.73 Å². The van der Waals surface area contributed by atoms with Gasteiger partial charge in [0.2, 0.25) is 0 Å². The van der Waals surface area contributed by atoms with Crippen molar-refractivity contribution >= 4 is 0 Å². The van der Waals surface area contributed by atoms with Crippen LogP contribution in [-0.2, 0) is 13.0 Å². The second kappa shape index (κ2) is 4.58. The molecular formula is C15H19N3. The Balaban J connectivity index is 1.92.